The summed E-state index contributed by atoms with van der Waals surface area (Å²) in [4.78, 5) is 28.1. The molecular weight excluding hydrogens is 430 g/mol. The van der Waals surface area contributed by atoms with E-state index in [0.29, 0.717) is 18.8 Å². The number of amides is 1. The second kappa shape index (κ2) is 15.2. The number of carbonyl (C=O) groups is 2. The Hall–Kier alpha value is -3.71. The topological polar surface area (TPSA) is 101 Å². The van der Waals surface area contributed by atoms with Gasteiger partial charge in [-0.15, -0.1) is 0 Å². The maximum Gasteiger partial charge on any atom is 0.326 e. The third kappa shape index (κ3) is 9.42. The van der Waals surface area contributed by atoms with Crippen molar-refractivity contribution < 1.29 is 19.4 Å². The molecule has 1 amide bonds. The molecule has 1 atom stereocenters. The lowest BCUT2D eigenvalue weighted by molar-refractivity contribution is -0.139. The fraction of sp³-hybridized carbons (Fsp3) is 0.296. The SMILES string of the molecule is CC.O=C(NC(Cc1ccc(COCCCNc2ccccn2)cc1)C(=O)O)c1ccccc1. The Balaban J connectivity index is 0.00000199. The van der Waals surface area contributed by atoms with Crippen LogP contribution in [-0.2, 0) is 22.6 Å². The van der Waals surface area contributed by atoms with Crippen LogP contribution in [0.25, 0.3) is 0 Å². The van der Waals surface area contributed by atoms with Crippen molar-refractivity contribution in [3.63, 3.8) is 0 Å². The lowest BCUT2D eigenvalue weighted by Gasteiger charge is -2.15. The number of aromatic nitrogens is 1. The highest BCUT2D eigenvalue weighted by Gasteiger charge is 2.21. The van der Waals surface area contributed by atoms with E-state index in [1.54, 1.807) is 36.5 Å². The van der Waals surface area contributed by atoms with Gasteiger partial charge in [-0.05, 0) is 41.8 Å². The van der Waals surface area contributed by atoms with Gasteiger partial charge in [0.2, 0.25) is 0 Å². The molecule has 7 heteroatoms. The molecule has 3 N–H and O–H groups in total. The van der Waals surface area contributed by atoms with Crippen LogP contribution in [0.2, 0.25) is 0 Å². The zero-order valence-electron chi connectivity index (χ0n) is 19.7. The summed E-state index contributed by atoms with van der Waals surface area (Å²) in [7, 11) is 0. The Morgan fingerprint density at radius 3 is 2.26 bits per heavy atom. The van der Waals surface area contributed by atoms with Crippen molar-refractivity contribution in [2.24, 2.45) is 0 Å². The summed E-state index contributed by atoms with van der Waals surface area (Å²) in [6.45, 7) is 5.88. The minimum absolute atomic E-state index is 0.203. The zero-order chi connectivity index (χ0) is 24.6. The predicted octanol–water partition coefficient (Wildman–Crippen LogP) is 4.55. The Labute approximate surface area is 201 Å². The highest BCUT2D eigenvalue weighted by Crippen LogP contribution is 2.10. The Bertz CT molecular complexity index is 980. The highest BCUT2D eigenvalue weighted by atomic mass is 16.5. The monoisotopic (exact) mass is 463 g/mol. The molecule has 7 nitrogen and oxygen atoms in total. The predicted molar refractivity (Wildman–Crippen MR) is 134 cm³/mol. The number of nitrogens with one attached hydrogen (secondary N) is 2. The number of carbonyl (C=O) groups excluding carboxylic acids is 1. The molecule has 34 heavy (non-hydrogen) atoms. The molecule has 0 aliphatic carbocycles. The van der Waals surface area contributed by atoms with Gasteiger partial charge in [-0.1, -0.05) is 62.4 Å². The molecule has 0 saturated carbocycles. The van der Waals surface area contributed by atoms with Gasteiger partial charge < -0.3 is 20.5 Å². The molecule has 0 aliphatic heterocycles. The van der Waals surface area contributed by atoms with Crippen LogP contribution in [0.3, 0.4) is 0 Å². The van der Waals surface area contributed by atoms with Gasteiger partial charge in [-0.3, -0.25) is 4.79 Å². The maximum absolute atomic E-state index is 12.3. The maximum atomic E-state index is 12.3. The van der Waals surface area contributed by atoms with Crippen molar-refractivity contribution in [2.75, 3.05) is 18.5 Å². The molecule has 0 bridgehead atoms. The van der Waals surface area contributed by atoms with Gasteiger partial charge in [-0.25, -0.2) is 9.78 Å². The van der Waals surface area contributed by atoms with Crippen molar-refractivity contribution in [3.05, 3.63) is 95.7 Å². The number of rotatable bonds is 12. The van der Waals surface area contributed by atoms with Gasteiger partial charge in [0.15, 0.2) is 0 Å². The lowest BCUT2D eigenvalue weighted by Crippen LogP contribution is -2.42. The standard InChI is InChI=1S/C25H27N3O4.C2H6/c29-24(21-7-2-1-3-8-21)28-22(25(30)31)17-19-10-12-20(13-11-19)18-32-16-6-15-27-23-9-4-5-14-26-23;1-2/h1-5,7-14,22H,6,15-18H2,(H,26,27)(H,28,29)(H,30,31);1-2H3. The molecule has 2 aromatic carbocycles. The summed E-state index contributed by atoms with van der Waals surface area (Å²) >= 11 is 0. The third-order valence-corrected chi connectivity index (χ3v) is 4.81. The fourth-order valence-corrected chi connectivity index (χ4v) is 3.09. The molecular formula is C27H33N3O4. The van der Waals surface area contributed by atoms with Gasteiger partial charge in [-0.2, -0.15) is 0 Å². The molecule has 3 aromatic rings. The Morgan fingerprint density at radius 1 is 0.941 bits per heavy atom. The summed E-state index contributed by atoms with van der Waals surface area (Å²) in [5.41, 5.74) is 2.27. The van der Waals surface area contributed by atoms with E-state index in [1.807, 2.05) is 56.3 Å². The van der Waals surface area contributed by atoms with E-state index in [4.69, 9.17) is 4.74 Å². The van der Waals surface area contributed by atoms with Crippen molar-refractivity contribution in [2.45, 2.75) is 39.3 Å². The third-order valence-electron chi connectivity index (χ3n) is 4.81. The van der Waals surface area contributed by atoms with Crippen LogP contribution in [0.1, 0.15) is 41.8 Å². The number of carboxylic acid groups (broad SMARTS) is 1. The first-order valence-corrected chi connectivity index (χ1v) is 11.5. The second-order valence-corrected chi connectivity index (χ2v) is 7.30. The van der Waals surface area contributed by atoms with Crippen LogP contribution in [-0.4, -0.2) is 41.2 Å². The first-order chi connectivity index (χ1) is 16.6. The first kappa shape index (κ1) is 26.5. The number of ether oxygens (including phenoxy) is 1. The van der Waals surface area contributed by atoms with E-state index in [1.165, 1.54) is 0 Å². The van der Waals surface area contributed by atoms with E-state index >= 15 is 0 Å². The molecule has 3 rings (SSSR count). The van der Waals surface area contributed by atoms with Gasteiger partial charge in [0, 0.05) is 31.3 Å². The van der Waals surface area contributed by atoms with E-state index < -0.39 is 17.9 Å². The number of nitrogens with zero attached hydrogens (tertiary/aromatic N) is 1. The normalized spacial score (nSPS) is 11.0. The quantitative estimate of drug-likeness (QED) is 0.341. The van der Waals surface area contributed by atoms with E-state index in [0.717, 1.165) is 29.9 Å². The average molecular weight is 464 g/mol. The minimum Gasteiger partial charge on any atom is -0.480 e. The van der Waals surface area contributed by atoms with Gasteiger partial charge in [0.1, 0.15) is 11.9 Å². The molecule has 1 unspecified atom stereocenters. The van der Waals surface area contributed by atoms with Crippen LogP contribution < -0.4 is 10.6 Å². The largest absolute Gasteiger partial charge is 0.480 e. The smallest absolute Gasteiger partial charge is 0.326 e. The lowest BCUT2D eigenvalue weighted by atomic mass is 10.0. The van der Waals surface area contributed by atoms with E-state index in [-0.39, 0.29) is 6.42 Å². The van der Waals surface area contributed by atoms with Gasteiger partial charge in [0.05, 0.1) is 6.61 Å². The van der Waals surface area contributed by atoms with Gasteiger partial charge in [0.25, 0.3) is 5.91 Å². The molecule has 0 saturated heterocycles. The summed E-state index contributed by atoms with van der Waals surface area (Å²) < 4.78 is 5.71. The Kier molecular flexibility index (Phi) is 11.9. The fourth-order valence-electron chi connectivity index (χ4n) is 3.09. The number of aliphatic carboxylic acids is 1. The second-order valence-electron chi connectivity index (χ2n) is 7.30. The van der Waals surface area contributed by atoms with Gasteiger partial charge >= 0.3 is 5.97 Å². The van der Waals surface area contributed by atoms with Crippen LogP contribution in [0.15, 0.2) is 79.0 Å². The summed E-state index contributed by atoms with van der Waals surface area (Å²) in [5, 5.41) is 15.3. The van der Waals surface area contributed by atoms with Crippen molar-refractivity contribution in [3.8, 4) is 0 Å². The summed E-state index contributed by atoms with van der Waals surface area (Å²) in [6, 6.07) is 20.9. The van der Waals surface area contributed by atoms with Crippen LogP contribution in [0, 0.1) is 0 Å². The number of anilines is 1. The number of hydrogen-bond acceptors (Lipinski definition) is 5. The van der Waals surface area contributed by atoms with E-state index in [9.17, 15) is 14.7 Å². The molecule has 180 valence electrons. The van der Waals surface area contributed by atoms with Crippen LogP contribution >= 0.6 is 0 Å². The van der Waals surface area contributed by atoms with Crippen molar-refractivity contribution >= 4 is 17.7 Å². The van der Waals surface area contributed by atoms with Crippen LogP contribution in [0.4, 0.5) is 5.82 Å². The number of benzene rings is 2. The number of carboxylic acids is 1. The summed E-state index contributed by atoms with van der Waals surface area (Å²) in [6.07, 6.45) is 2.81. The molecule has 1 aromatic heterocycles. The Morgan fingerprint density at radius 2 is 1.62 bits per heavy atom. The highest BCUT2D eigenvalue weighted by molar-refractivity contribution is 5.96. The van der Waals surface area contributed by atoms with E-state index in [2.05, 4.69) is 15.6 Å². The first-order valence-electron chi connectivity index (χ1n) is 11.5. The number of hydrogen-bond donors (Lipinski definition) is 3. The molecule has 0 spiro atoms. The van der Waals surface area contributed by atoms with Crippen LogP contribution in [0.5, 0.6) is 0 Å². The van der Waals surface area contributed by atoms with Crippen molar-refractivity contribution in [1.29, 1.82) is 0 Å². The summed E-state index contributed by atoms with van der Waals surface area (Å²) in [5.74, 6) is -0.621. The average Bonchev–Trinajstić information content (AvgIpc) is 2.89. The molecule has 0 aliphatic rings. The molecule has 0 fully saturated rings. The molecule has 0 radical (unpaired) electrons. The number of pyridine rings is 1. The van der Waals surface area contributed by atoms with Crippen molar-refractivity contribution in [1.82, 2.24) is 10.3 Å². The molecule has 1 heterocycles. The minimum atomic E-state index is -1.07. The zero-order valence-corrected chi connectivity index (χ0v) is 19.7.